The van der Waals surface area contributed by atoms with E-state index in [1.807, 2.05) is 34.5 Å². The van der Waals surface area contributed by atoms with Crippen molar-refractivity contribution in [3.63, 3.8) is 0 Å². The predicted molar refractivity (Wildman–Crippen MR) is 81.9 cm³/mol. The van der Waals surface area contributed by atoms with Crippen LogP contribution in [0.2, 0.25) is 0 Å². The fourth-order valence-corrected chi connectivity index (χ4v) is 3.22. The molecule has 0 spiro atoms. The molecule has 0 bridgehead atoms. The average molecular weight is 304 g/mol. The Bertz CT molecular complexity index is 606. The molecular weight excluding hydrogens is 287 g/mol. The molecule has 1 aromatic carbocycles. The lowest BCUT2D eigenvalue weighted by molar-refractivity contribution is 0.0632. The third-order valence-electron chi connectivity index (χ3n) is 3.74. The molecule has 21 heavy (non-hydrogen) atoms. The molecule has 0 unspecified atom stereocenters. The first kappa shape index (κ1) is 14.2. The van der Waals surface area contributed by atoms with E-state index < -0.39 is 0 Å². The van der Waals surface area contributed by atoms with Crippen LogP contribution in [0.3, 0.4) is 0 Å². The van der Waals surface area contributed by atoms with Gasteiger partial charge in [-0.1, -0.05) is 24.3 Å². The van der Waals surface area contributed by atoms with E-state index in [1.165, 1.54) is 17.4 Å². The largest absolute Gasteiger partial charge is 0.335 e. The van der Waals surface area contributed by atoms with Crippen molar-refractivity contribution >= 4 is 17.2 Å². The molecule has 2 aromatic rings. The molecule has 0 saturated carbocycles. The summed E-state index contributed by atoms with van der Waals surface area (Å²) in [5.74, 6) is -0.0508. The Morgan fingerprint density at radius 1 is 1.10 bits per heavy atom. The van der Waals surface area contributed by atoms with Crippen LogP contribution >= 0.6 is 11.3 Å². The SMILES string of the molecule is O=C(c1cccs1)N1CCN(Cc2ccccc2F)CC1. The minimum absolute atomic E-state index is 0.107. The van der Waals surface area contributed by atoms with Gasteiger partial charge in [-0.05, 0) is 17.5 Å². The number of rotatable bonds is 3. The van der Waals surface area contributed by atoms with Gasteiger partial charge in [-0.2, -0.15) is 0 Å². The van der Waals surface area contributed by atoms with Crippen molar-refractivity contribution in [2.75, 3.05) is 26.2 Å². The van der Waals surface area contributed by atoms with Crippen molar-refractivity contribution in [1.82, 2.24) is 9.80 Å². The number of benzene rings is 1. The molecule has 0 aliphatic carbocycles. The second-order valence-electron chi connectivity index (χ2n) is 5.14. The summed E-state index contributed by atoms with van der Waals surface area (Å²) >= 11 is 1.48. The molecule has 1 aliphatic rings. The number of carbonyl (C=O) groups excluding carboxylic acids is 1. The van der Waals surface area contributed by atoms with Gasteiger partial charge in [0.15, 0.2) is 0 Å². The first-order chi connectivity index (χ1) is 10.2. The first-order valence-corrected chi connectivity index (χ1v) is 7.90. The van der Waals surface area contributed by atoms with Crippen molar-refractivity contribution < 1.29 is 9.18 Å². The van der Waals surface area contributed by atoms with E-state index in [-0.39, 0.29) is 11.7 Å². The summed E-state index contributed by atoms with van der Waals surface area (Å²) in [6.07, 6.45) is 0. The summed E-state index contributed by atoms with van der Waals surface area (Å²) in [7, 11) is 0. The number of amides is 1. The van der Waals surface area contributed by atoms with E-state index in [1.54, 1.807) is 6.07 Å². The van der Waals surface area contributed by atoms with Gasteiger partial charge in [0.25, 0.3) is 5.91 Å². The van der Waals surface area contributed by atoms with Crippen LogP contribution in [0.1, 0.15) is 15.2 Å². The third kappa shape index (κ3) is 3.31. The first-order valence-electron chi connectivity index (χ1n) is 7.02. The van der Waals surface area contributed by atoms with Crippen molar-refractivity contribution in [3.05, 3.63) is 58.0 Å². The maximum Gasteiger partial charge on any atom is 0.264 e. The van der Waals surface area contributed by atoms with Gasteiger partial charge in [0.1, 0.15) is 5.82 Å². The average Bonchev–Trinajstić information content (AvgIpc) is 3.04. The number of hydrogen-bond donors (Lipinski definition) is 0. The van der Waals surface area contributed by atoms with Crippen LogP contribution in [0.15, 0.2) is 41.8 Å². The number of thiophene rings is 1. The highest BCUT2D eigenvalue weighted by atomic mass is 32.1. The zero-order chi connectivity index (χ0) is 14.7. The Morgan fingerprint density at radius 2 is 1.86 bits per heavy atom. The van der Waals surface area contributed by atoms with Crippen molar-refractivity contribution in [1.29, 1.82) is 0 Å². The number of carbonyl (C=O) groups is 1. The maximum atomic E-state index is 13.6. The molecule has 1 aromatic heterocycles. The Labute approximate surface area is 127 Å². The Kier molecular flexibility index (Phi) is 4.31. The molecule has 1 fully saturated rings. The highest BCUT2D eigenvalue weighted by molar-refractivity contribution is 7.12. The number of nitrogens with zero attached hydrogens (tertiary/aromatic N) is 2. The molecule has 1 saturated heterocycles. The number of piperazine rings is 1. The summed E-state index contributed by atoms with van der Waals surface area (Å²) in [5.41, 5.74) is 0.718. The van der Waals surface area contributed by atoms with Gasteiger partial charge in [0, 0.05) is 38.3 Å². The lowest BCUT2D eigenvalue weighted by Crippen LogP contribution is -2.48. The van der Waals surface area contributed by atoms with Crippen molar-refractivity contribution in [2.45, 2.75) is 6.54 Å². The molecule has 3 nitrogen and oxygen atoms in total. The maximum absolute atomic E-state index is 13.6. The van der Waals surface area contributed by atoms with E-state index >= 15 is 0 Å². The van der Waals surface area contributed by atoms with Crippen LogP contribution in [0.5, 0.6) is 0 Å². The standard InChI is InChI=1S/C16H17FN2OS/c17-14-5-2-1-4-13(14)12-18-7-9-19(10-8-18)16(20)15-6-3-11-21-15/h1-6,11H,7-10,12H2. The summed E-state index contributed by atoms with van der Waals surface area (Å²) in [4.78, 5) is 17.1. The molecule has 0 N–H and O–H groups in total. The van der Waals surface area contributed by atoms with E-state index in [2.05, 4.69) is 4.90 Å². The zero-order valence-corrected chi connectivity index (χ0v) is 12.5. The topological polar surface area (TPSA) is 23.6 Å². The van der Waals surface area contributed by atoms with Crippen molar-refractivity contribution in [3.8, 4) is 0 Å². The van der Waals surface area contributed by atoms with E-state index in [4.69, 9.17) is 0 Å². The molecule has 3 rings (SSSR count). The van der Waals surface area contributed by atoms with E-state index in [0.717, 1.165) is 23.5 Å². The molecule has 1 amide bonds. The van der Waals surface area contributed by atoms with Crippen LogP contribution in [0.4, 0.5) is 4.39 Å². The zero-order valence-electron chi connectivity index (χ0n) is 11.7. The van der Waals surface area contributed by atoms with Gasteiger partial charge >= 0.3 is 0 Å². The molecule has 5 heteroatoms. The van der Waals surface area contributed by atoms with Gasteiger partial charge < -0.3 is 4.90 Å². The fourth-order valence-electron chi connectivity index (χ4n) is 2.53. The second-order valence-corrected chi connectivity index (χ2v) is 6.08. The molecule has 1 aliphatic heterocycles. The quantitative estimate of drug-likeness (QED) is 0.870. The van der Waals surface area contributed by atoms with Crippen LogP contribution in [-0.4, -0.2) is 41.9 Å². The van der Waals surface area contributed by atoms with Gasteiger partial charge in [-0.3, -0.25) is 9.69 Å². The molecular formula is C16H17FN2OS. The van der Waals surface area contributed by atoms with Gasteiger partial charge in [0.2, 0.25) is 0 Å². The van der Waals surface area contributed by atoms with Crippen LogP contribution in [-0.2, 0) is 6.54 Å². The fraction of sp³-hybridized carbons (Fsp3) is 0.312. The highest BCUT2D eigenvalue weighted by Gasteiger charge is 2.22. The van der Waals surface area contributed by atoms with Crippen LogP contribution in [0.25, 0.3) is 0 Å². The smallest absolute Gasteiger partial charge is 0.264 e. The molecule has 0 atom stereocenters. The number of hydrogen-bond acceptors (Lipinski definition) is 3. The summed E-state index contributed by atoms with van der Waals surface area (Å²) < 4.78 is 13.6. The minimum Gasteiger partial charge on any atom is -0.335 e. The van der Waals surface area contributed by atoms with Gasteiger partial charge in [-0.25, -0.2) is 4.39 Å². The predicted octanol–water partition coefficient (Wildman–Crippen LogP) is 2.85. The van der Waals surface area contributed by atoms with Gasteiger partial charge in [-0.15, -0.1) is 11.3 Å². The normalized spacial score (nSPS) is 16.1. The lowest BCUT2D eigenvalue weighted by atomic mass is 10.2. The van der Waals surface area contributed by atoms with E-state index in [0.29, 0.717) is 19.6 Å². The van der Waals surface area contributed by atoms with Gasteiger partial charge in [0.05, 0.1) is 4.88 Å². The van der Waals surface area contributed by atoms with Crippen molar-refractivity contribution in [2.24, 2.45) is 0 Å². The molecule has 0 radical (unpaired) electrons. The Morgan fingerprint density at radius 3 is 2.52 bits per heavy atom. The summed E-state index contributed by atoms with van der Waals surface area (Å²) in [6.45, 7) is 3.57. The molecule has 110 valence electrons. The number of halogens is 1. The highest BCUT2D eigenvalue weighted by Crippen LogP contribution is 2.16. The Balaban J connectivity index is 1.56. The van der Waals surface area contributed by atoms with E-state index in [9.17, 15) is 9.18 Å². The second kappa shape index (κ2) is 6.37. The van der Waals surface area contributed by atoms with Crippen LogP contribution < -0.4 is 0 Å². The minimum atomic E-state index is -0.158. The monoisotopic (exact) mass is 304 g/mol. The Hall–Kier alpha value is -1.72. The van der Waals surface area contributed by atoms with Crippen LogP contribution in [0, 0.1) is 5.82 Å². The third-order valence-corrected chi connectivity index (χ3v) is 4.60. The molecule has 2 heterocycles. The summed E-state index contributed by atoms with van der Waals surface area (Å²) in [5, 5.41) is 1.92. The lowest BCUT2D eigenvalue weighted by Gasteiger charge is -2.34. The summed E-state index contributed by atoms with van der Waals surface area (Å²) in [6, 6.07) is 10.6.